The van der Waals surface area contributed by atoms with Gasteiger partial charge in [0.05, 0.1) is 6.61 Å². The zero-order valence-corrected chi connectivity index (χ0v) is 12.8. The minimum Gasteiger partial charge on any atom is -0.494 e. The van der Waals surface area contributed by atoms with Crippen LogP contribution in [0, 0.1) is 0 Å². The second kappa shape index (κ2) is 8.32. The molecule has 2 aromatic rings. The molecule has 21 heavy (non-hydrogen) atoms. The summed E-state index contributed by atoms with van der Waals surface area (Å²) in [5.41, 5.74) is 2.45. The molecule has 0 unspecified atom stereocenters. The predicted molar refractivity (Wildman–Crippen MR) is 85.8 cm³/mol. The quantitative estimate of drug-likeness (QED) is 0.801. The van der Waals surface area contributed by atoms with Crippen LogP contribution in [0.1, 0.15) is 25.0 Å². The van der Waals surface area contributed by atoms with E-state index in [0.717, 1.165) is 24.6 Å². The van der Waals surface area contributed by atoms with Gasteiger partial charge in [-0.1, -0.05) is 37.3 Å². The Morgan fingerprint density at radius 3 is 2.33 bits per heavy atom. The highest BCUT2D eigenvalue weighted by molar-refractivity contribution is 5.33. The molecule has 3 nitrogen and oxygen atoms in total. The molecule has 2 rings (SSSR count). The van der Waals surface area contributed by atoms with Gasteiger partial charge in [-0.25, -0.2) is 0 Å². The third kappa shape index (κ3) is 5.12. The molecule has 0 aliphatic carbocycles. The van der Waals surface area contributed by atoms with Crippen molar-refractivity contribution in [1.82, 2.24) is 5.32 Å². The first-order valence-electron chi connectivity index (χ1n) is 7.46. The number of hydrogen-bond acceptors (Lipinski definition) is 3. The van der Waals surface area contributed by atoms with Crippen LogP contribution in [0.5, 0.6) is 11.5 Å². The van der Waals surface area contributed by atoms with E-state index in [1.807, 2.05) is 31.2 Å². The van der Waals surface area contributed by atoms with E-state index in [1.165, 1.54) is 11.1 Å². The summed E-state index contributed by atoms with van der Waals surface area (Å²) in [5, 5.41) is 3.33. The average Bonchev–Trinajstić information content (AvgIpc) is 2.52. The fraction of sp³-hybridized carbons (Fsp3) is 0.333. The van der Waals surface area contributed by atoms with Crippen LogP contribution in [0.15, 0.2) is 48.5 Å². The number of ether oxygens (including phenoxy) is 2. The van der Waals surface area contributed by atoms with Crippen molar-refractivity contribution in [3.05, 3.63) is 59.7 Å². The van der Waals surface area contributed by atoms with Gasteiger partial charge >= 0.3 is 0 Å². The molecule has 1 N–H and O–H groups in total. The van der Waals surface area contributed by atoms with E-state index >= 15 is 0 Å². The van der Waals surface area contributed by atoms with Crippen LogP contribution < -0.4 is 14.8 Å². The van der Waals surface area contributed by atoms with Gasteiger partial charge in [0.2, 0.25) is 0 Å². The van der Waals surface area contributed by atoms with Crippen molar-refractivity contribution >= 4 is 0 Å². The van der Waals surface area contributed by atoms with Crippen LogP contribution >= 0.6 is 0 Å². The largest absolute Gasteiger partial charge is 0.494 e. The second-order valence-electron chi connectivity index (χ2n) is 4.80. The van der Waals surface area contributed by atoms with Gasteiger partial charge in [0.15, 0.2) is 0 Å². The Labute approximate surface area is 126 Å². The third-order valence-corrected chi connectivity index (χ3v) is 3.09. The van der Waals surface area contributed by atoms with Gasteiger partial charge < -0.3 is 14.8 Å². The fourth-order valence-electron chi connectivity index (χ4n) is 2.09. The van der Waals surface area contributed by atoms with E-state index in [0.29, 0.717) is 13.2 Å². The third-order valence-electron chi connectivity index (χ3n) is 3.09. The lowest BCUT2D eigenvalue weighted by molar-refractivity contribution is 0.299. The summed E-state index contributed by atoms with van der Waals surface area (Å²) < 4.78 is 11.3. The van der Waals surface area contributed by atoms with Crippen LogP contribution in [-0.4, -0.2) is 13.2 Å². The van der Waals surface area contributed by atoms with E-state index in [9.17, 15) is 0 Å². The topological polar surface area (TPSA) is 30.5 Å². The summed E-state index contributed by atoms with van der Waals surface area (Å²) in [7, 11) is 0. The first kappa shape index (κ1) is 15.4. The van der Waals surface area contributed by atoms with Gasteiger partial charge in [0, 0.05) is 12.6 Å². The van der Waals surface area contributed by atoms with E-state index in [-0.39, 0.29) is 0 Å². The maximum Gasteiger partial charge on any atom is 0.123 e. The molecule has 112 valence electrons. The Morgan fingerprint density at radius 2 is 1.57 bits per heavy atom. The normalized spacial score (nSPS) is 10.4. The van der Waals surface area contributed by atoms with Crippen molar-refractivity contribution in [1.29, 1.82) is 0 Å². The summed E-state index contributed by atoms with van der Waals surface area (Å²) >= 11 is 0. The van der Waals surface area contributed by atoms with Gasteiger partial charge in [-0.15, -0.1) is 0 Å². The second-order valence-corrected chi connectivity index (χ2v) is 4.80. The molecule has 3 heteroatoms. The molecule has 2 aromatic carbocycles. The molecule has 0 amide bonds. The lowest BCUT2D eigenvalue weighted by Gasteiger charge is -2.10. The Bertz CT molecular complexity index is 554. The number of benzene rings is 2. The monoisotopic (exact) mass is 285 g/mol. The first-order valence-corrected chi connectivity index (χ1v) is 7.46. The number of rotatable bonds is 8. The average molecular weight is 285 g/mol. The standard InChI is InChI=1S/C18H23NO2/c1-3-19-13-15-7-5-8-16(11-15)14-21-18-10-6-9-17(12-18)20-4-2/h5-12,19H,3-4,13-14H2,1-2H3. The highest BCUT2D eigenvalue weighted by Crippen LogP contribution is 2.20. The minimum atomic E-state index is 0.565. The van der Waals surface area contributed by atoms with Gasteiger partial charge in [0.25, 0.3) is 0 Å². The summed E-state index contributed by atoms with van der Waals surface area (Å²) in [4.78, 5) is 0. The molecule has 0 heterocycles. The Morgan fingerprint density at radius 1 is 0.857 bits per heavy atom. The molecule has 0 aliphatic rings. The predicted octanol–water partition coefficient (Wildman–Crippen LogP) is 3.77. The fourth-order valence-corrected chi connectivity index (χ4v) is 2.09. The van der Waals surface area contributed by atoms with Crippen molar-refractivity contribution in [2.24, 2.45) is 0 Å². The van der Waals surface area contributed by atoms with Crippen LogP contribution in [0.4, 0.5) is 0 Å². The molecule has 0 saturated heterocycles. The van der Waals surface area contributed by atoms with Crippen molar-refractivity contribution in [2.75, 3.05) is 13.2 Å². The summed E-state index contributed by atoms with van der Waals surface area (Å²) in [6.07, 6.45) is 0. The molecule has 0 spiro atoms. The molecule has 0 aliphatic heterocycles. The van der Waals surface area contributed by atoms with Crippen LogP contribution in [0.25, 0.3) is 0 Å². The lowest BCUT2D eigenvalue weighted by atomic mass is 10.1. The SMILES string of the molecule is CCNCc1cccc(COc2cccc(OCC)c2)c1. The van der Waals surface area contributed by atoms with E-state index in [4.69, 9.17) is 9.47 Å². The van der Waals surface area contributed by atoms with Crippen LogP contribution in [0.2, 0.25) is 0 Å². The molecule has 0 saturated carbocycles. The Kier molecular flexibility index (Phi) is 6.10. The van der Waals surface area contributed by atoms with Gasteiger partial charge in [-0.3, -0.25) is 0 Å². The first-order chi connectivity index (χ1) is 10.3. The molecule has 0 aromatic heterocycles. The molecule has 0 fully saturated rings. The van der Waals surface area contributed by atoms with Crippen molar-refractivity contribution in [3.63, 3.8) is 0 Å². The maximum absolute atomic E-state index is 5.84. The number of nitrogens with one attached hydrogen (secondary N) is 1. The smallest absolute Gasteiger partial charge is 0.123 e. The minimum absolute atomic E-state index is 0.565. The van der Waals surface area contributed by atoms with E-state index in [1.54, 1.807) is 0 Å². The highest BCUT2D eigenvalue weighted by atomic mass is 16.5. The van der Waals surface area contributed by atoms with E-state index in [2.05, 4.69) is 36.5 Å². The van der Waals surface area contributed by atoms with Crippen LogP contribution in [0.3, 0.4) is 0 Å². The van der Waals surface area contributed by atoms with Gasteiger partial charge in [-0.05, 0) is 36.7 Å². The molecule has 0 bridgehead atoms. The highest BCUT2D eigenvalue weighted by Gasteiger charge is 2.00. The molecule has 0 radical (unpaired) electrons. The zero-order chi connectivity index (χ0) is 14.9. The molecular weight excluding hydrogens is 262 g/mol. The lowest BCUT2D eigenvalue weighted by Crippen LogP contribution is -2.11. The van der Waals surface area contributed by atoms with Crippen molar-refractivity contribution in [3.8, 4) is 11.5 Å². The summed E-state index contributed by atoms with van der Waals surface area (Å²) in [5.74, 6) is 1.67. The molecular formula is C18H23NO2. The van der Waals surface area contributed by atoms with Crippen LogP contribution in [-0.2, 0) is 13.2 Å². The van der Waals surface area contributed by atoms with E-state index < -0.39 is 0 Å². The van der Waals surface area contributed by atoms with Gasteiger partial charge in [0.1, 0.15) is 18.1 Å². The van der Waals surface area contributed by atoms with Gasteiger partial charge in [-0.2, -0.15) is 0 Å². The zero-order valence-electron chi connectivity index (χ0n) is 12.8. The number of hydrogen-bond donors (Lipinski definition) is 1. The molecule has 0 atom stereocenters. The Balaban J connectivity index is 1.94. The Hall–Kier alpha value is -2.00. The van der Waals surface area contributed by atoms with Crippen molar-refractivity contribution in [2.45, 2.75) is 27.0 Å². The maximum atomic E-state index is 5.84. The summed E-state index contributed by atoms with van der Waals surface area (Å²) in [6.45, 7) is 7.18. The summed E-state index contributed by atoms with van der Waals surface area (Å²) in [6, 6.07) is 16.2. The van der Waals surface area contributed by atoms with Crippen molar-refractivity contribution < 1.29 is 9.47 Å².